The van der Waals surface area contributed by atoms with E-state index >= 15 is 0 Å². The first-order valence-electron chi connectivity index (χ1n) is 5.64. The molecule has 0 atom stereocenters. The zero-order valence-electron chi connectivity index (χ0n) is 10.0. The van der Waals surface area contributed by atoms with Crippen LogP contribution >= 0.6 is 15.9 Å². The van der Waals surface area contributed by atoms with Crippen LogP contribution in [0.5, 0.6) is 0 Å². The van der Waals surface area contributed by atoms with Crippen molar-refractivity contribution in [3.8, 4) is 0 Å². The van der Waals surface area contributed by atoms with Crippen molar-refractivity contribution in [1.29, 1.82) is 0 Å². The molecule has 96 valence electrons. The highest BCUT2D eigenvalue weighted by Gasteiger charge is 2.18. The van der Waals surface area contributed by atoms with E-state index < -0.39 is 5.97 Å². The van der Waals surface area contributed by atoms with E-state index in [-0.39, 0.29) is 11.3 Å². The maximum absolute atomic E-state index is 11.5. The topological polar surface area (TPSA) is 63.3 Å². The lowest BCUT2D eigenvalue weighted by molar-refractivity contribution is -0.130. The lowest BCUT2D eigenvalue weighted by Crippen LogP contribution is -2.09. The number of halogens is 1. The summed E-state index contributed by atoms with van der Waals surface area (Å²) in [6, 6.07) is 16.2. The Morgan fingerprint density at radius 3 is 2.16 bits per heavy atom. The second kappa shape index (κ2) is 5.71. The molecular weight excluding hydrogens is 306 g/mol. The van der Waals surface area contributed by atoms with Crippen LogP contribution in [0.4, 0.5) is 0 Å². The molecule has 0 spiro atoms. The van der Waals surface area contributed by atoms with Crippen molar-refractivity contribution in [2.45, 2.75) is 0 Å². The molecule has 3 N–H and O–H groups in total. The Balaban J connectivity index is 2.65. The summed E-state index contributed by atoms with van der Waals surface area (Å²) in [6.07, 6.45) is 0. The maximum Gasteiger partial charge on any atom is 0.338 e. The smallest absolute Gasteiger partial charge is 0.338 e. The summed E-state index contributed by atoms with van der Waals surface area (Å²) in [6.45, 7) is 0. The van der Waals surface area contributed by atoms with Crippen molar-refractivity contribution in [3.05, 3.63) is 70.2 Å². The number of carboxylic acids is 1. The van der Waals surface area contributed by atoms with Gasteiger partial charge in [0.05, 0.1) is 11.3 Å². The maximum atomic E-state index is 11.5. The van der Waals surface area contributed by atoms with Crippen LogP contribution in [0.1, 0.15) is 11.1 Å². The average molecular weight is 318 g/mol. The molecule has 4 heteroatoms. The minimum Gasteiger partial charge on any atom is -0.478 e. The molecule has 2 aromatic carbocycles. The highest BCUT2D eigenvalue weighted by Crippen LogP contribution is 2.28. The van der Waals surface area contributed by atoms with Gasteiger partial charge in [0, 0.05) is 10.0 Å². The summed E-state index contributed by atoms with van der Waals surface area (Å²) in [4.78, 5) is 11.5. The molecule has 2 rings (SSSR count). The summed E-state index contributed by atoms with van der Waals surface area (Å²) < 4.78 is 0.700. The molecule has 0 aliphatic heterocycles. The highest BCUT2D eigenvalue weighted by atomic mass is 79.9. The van der Waals surface area contributed by atoms with Gasteiger partial charge in [0.15, 0.2) is 0 Å². The fraction of sp³-hybridized carbons (Fsp3) is 0. The lowest BCUT2D eigenvalue weighted by Gasteiger charge is -2.10. The number of carboxylic acid groups (broad SMARTS) is 1. The fourth-order valence-corrected chi connectivity index (χ4v) is 2.28. The van der Waals surface area contributed by atoms with Crippen LogP contribution in [0.2, 0.25) is 0 Å². The molecule has 0 amide bonds. The molecule has 0 fully saturated rings. The van der Waals surface area contributed by atoms with E-state index in [9.17, 15) is 9.90 Å². The van der Waals surface area contributed by atoms with Crippen LogP contribution in [0.15, 0.2) is 59.1 Å². The van der Waals surface area contributed by atoms with Crippen LogP contribution in [0.25, 0.3) is 11.3 Å². The van der Waals surface area contributed by atoms with E-state index in [2.05, 4.69) is 15.9 Å². The van der Waals surface area contributed by atoms with Gasteiger partial charge in [-0.25, -0.2) is 4.79 Å². The summed E-state index contributed by atoms with van der Waals surface area (Å²) in [5, 5.41) is 9.42. The Bertz CT molecular complexity index is 636. The van der Waals surface area contributed by atoms with Crippen LogP contribution < -0.4 is 5.73 Å². The minimum atomic E-state index is -1.05. The van der Waals surface area contributed by atoms with Gasteiger partial charge in [0.2, 0.25) is 0 Å². The SMILES string of the molecule is NC(=C(C(=O)O)c1ccccc1Br)c1ccccc1. The third kappa shape index (κ3) is 2.85. The molecule has 0 bridgehead atoms. The van der Waals surface area contributed by atoms with E-state index in [1.165, 1.54) is 0 Å². The van der Waals surface area contributed by atoms with Crippen molar-refractivity contribution in [3.63, 3.8) is 0 Å². The number of hydrogen-bond donors (Lipinski definition) is 2. The second-order valence-electron chi connectivity index (χ2n) is 3.94. The molecular formula is C15H12BrNO2. The quantitative estimate of drug-likeness (QED) is 0.674. The van der Waals surface area contributed by atoms with Crippen molar-refractivity contribution in [2.75, 3.05) is 0 Å². The van der Waals surface area contributed by atoms with Gasteiger partial charge in [-0.15, -0.1) is 0 Å². The van der Waals surface area contributed by atoms with Crippen molar-refractivity contribution >= 4 is 33.2 Å². The minimum absolute atomic E-state index is 0.0960. The molecule has 0 aromatic heterocycles. The number of rotatable bonds is 3. The first-order chi connectivity index (χ1) is 9.11. The molecule has 0 radical (unpaired) electrons. The third-order valence-corrected chi connectivity index (χ3v) is 3.40. The number of aliphatic carboxylic acids is 1. The van der Waals surface area contributed by atoms with E-state index in [1.807, 2.05) is 24.3 Å². The first-order valence-corrected chi connectivity index (χ1v) is 6.44. The van der Waals surface area contributed by atoms with Crippen molar-refractivity contribution < 1.29 is 9.90 Å². The Morgan fingerprint density at radius 2 is 1.58 bits per heavy atom. The summed E-state index contributed by atoms with van der Waals surface area (Å²) in [7, 11) is 0. The van der Waals surface area contributed by atoms with E-state index in [4.69, 9.17) is 5.73 Å². The fourth-order valence-electron chi connectivity index (χ4n) is 1.80. The number of nitrogens with two attached hydrogens (primary N) is 1. The molecule has 0 unspecified atom stereocenters. The van der Waals surface area contributed by atoms with Gasteiger partial charge in [-0.05, 0) is 11.6 Å². The summed E-state index contributed by atoms with van der Waals surface area (Å²) >= 11 is 3.35. The normalized spacial score (nSPS) is 11.8. The Kier molecular flexibility index (Phi) is 4.02. The van der Waals surface area contributed by atoms with Crippen LogP contribution in [0, 0.1) is 0 Å². The molecule has 0 saturated carbocycles. The molecule has 0 saturated heterocycles. The van der Waals surface area contributed by atoms with Gasteiger partial charge in [0.1, 0.15) is 0 Å². The van der Waals surface area contributed by atoms with Crippen LogP contribution in [-0.2, 0) is 4.79 Å². The first kappa shape index (κ1) is 13.4. The molecule has 19 heavy (non-hydrogen) atoms. The van der Waals surface area contributed by atoms with Gasteiger partial charge in [0.25, 0.3) is 0 Å². The lowest BCUT2D eigenvalue weighted by atomic mass is 10.00. The predicted molar refractivity (Wildman–Crippen MR) is 79.2 cm³/mol. The zero-order valence-corrected chi connectivity index (χ0v) is 11.6. The number of hydrogen-bond acceptors (Lipinski definition) is 2. The largest absolute Gasteiger partial charge is 0.478 e. The average Bonchev–Trinajstić information content (AvgIpc) is 2.42. The van der Waals surface area contributed by atoms with Crippen molar-refractivity contribution in [1.82, 2.24) is 0 Å². The molecule has 2 aromatic rings. The molecule has 3 nitrogen and oxygen atoms in total. The molecule has 0 aliphatic rings. The Hall–Kier alpha value is -2.07. The zero-order chi connectivity index (χ0) is 13.8. The van der Waals surface area contributed by atoms with E-state index in [1.54, 1.807) is 30.3 Å². The second-order valence-corrected chi connectivity index (χ2v) is 4.79. The van der Waals surface area contributed by atoms with E-state index in [0.29, 0.717) is 15.6 Å². The van der Waals surface area contributed by atoms with Gasteiger partial charge in [-0.1, -0.05) is 64.5 Å². The highest BCUT2D eigenvalue weighted by molar-refractivity contribution is 9.10. The monoisotopic (exact) mass is 317 g/mol. The summed E-state index contributed by atoms with van der Waals surface area (Å²) in [5.41, 5.74) is 7.62. The third-order valence-electron chi connectivity index (χ3n) is 2.71. The predicted octanol–water partition coefficient (Wildman–Crippen LogP) is 3.36. The molecule has 0 aliphatic carbocycles. The van der Waals surface area contributed by atoms with Crippen LogP contribution in [0.3, 0.4) is 0 Å². The standard InChI is InChI=1S/C15H12BrNO2/c16-12-9-5-4-8-11(12)13(15(18)19)14(17)10-6-2-1-3-7-10/h1-9H,17H2,(H,18,19). The Morgan fingerprint density at radius 1 is 1.00 bits per heavy atom. The summed E-state index contributed by atoms with van der Waals surface area (Å²) in [5.74, 6) is -1.05. The van der Waals surface area contributed by atoms with Gasteiger partial charge < -0.3 is 10.8 Å². The van der Waals surface area contributed by atoms with Gasteiger partial charge >= 0.3 is 5.97 Å². The number of benzene rings is 2. The Labute approximate surface area is 119 Å². The van der Waals surface area contributed by atoms with Gasteiger partial charge in [-0.3, -0.25) is 0 Å². The number of carbonyl (C=O) groups is 1. The van der Waals surface area contributed by atoms with Crippen LogP contribution in [-0.4, -0.2) is 11.1 Å². The molecule has 0 heterocycles. The van der Waals surface area contributed by atoms with Crippen molar-refractivity contribution in [2.24, 2.45) is 5.73 Å². The van der Waals surface area contributed by atoms with E-state index in [0.717, 1.165) is 0 Å². The van der Waals surface area contributed by atoms with Gasteiger partial charge in [-0.2, -0.15) is 0 Å².